The molecule has 0 heterocycles. The highest BCUT2D eigenvalue weighted by molar-refractivity contribution is 6.30. The van der Waals surface area contributed by atoms with E-state index in [0.717, 1.165) is 0 Å². The summed E-state index contributed by atoms with van der Waals surface area (Å²) in [6, 6.07) is 4.14. The maximum absolute atomic E-state index is 13.6. The number of hydrogen-bond acceptors (Lipinski definition) is 2. The van der Waals surface area contributed by atoms with E-state index < -0.39 is 11.2 Å². The summed E-state index contributed by atoms with van der Waals surface area (Å²) in [5.74, 6) is -0.801. The molecule has 0 radical (unpaired) electrons. The largest absolute Gasteiger partial charge is 0.329 e. The van der Waals surface area contributed by atoms with E-state index >= 15 is 0 Å². The zero-order valence-electron chi connectivity index (χ0n) is 10.6. The molecule has 0 saturated heterocycles. The highest BCUT2D eigenvalue weighted by atomic mass is 35.5. The van der Waals surface area contributed by atoms with Gasteiger partial charge in [0.25, 0.3) is 0 Å². The fourth-order valence-corrected chi connectivity index (χ4v) is 1.96. The Labute approximate surface area is 112 Å². The third-order valence-corrected chi connectivity index (χ3v) is 3.64. The number of nitrogens with one attached hydrogen (secondary N) is 1. The Kier molecular flexibility index (Phi) is 5.11. The molecule has 0 aromatic heterocycles. The summed E-state index contributed by atoms with van der Waals surface area (Å²) in [6.07, 6.45) is 1.22. The minimum Gasteiger partial charge on any atom is -0.329 e. The summed E-state index contributed by atoms with van der Waals surface area (Å²) in [5, 5.41) is 2.87. The Morgan fingerprint density at radius 1 is 1.44 bits per heavy atom. The molecule has 1 amide bonds. The molecule has 0 aliphatic rings. The lowest BCUT2D eigenvalue weighted by molar-refractivity contribution is -0.125. The van der Waals surface area contributed by atoms with E-state index in [1.165, 1.54) is 18.2 Å². The first-order chi connectivity index (χ1) is 8.49. The second-order valence-corrected chi connectivity index (χ2v) is 4.71. The predicted octanol–water partition coefficient (Wildman–Crippen LogP) is 3.18. The van der Waals surface area contributed by atoms with Crippen LogP contribution in [0.25, 0.3) is 0 Å². The Balaban J connectivity index is 2.93. The van der Waals surface area contributed by atoms with Gasteiger partial charge in [-0.05, 0) is 31.0 Å². The van der Waals surface area contributed by atoms with Crippen LogP contribution in [-0.4, -0.2) is 12.5 Å². The summed E-state index contributed by atoms with van der Waals surface area (Å²) in [4.78, 5) is 12.2. The van der Waals surface area contributed by atoms with Crippen molar-refractivity contribution < 1.29 is 9.18 Å². The maximum atomic E-state index is 13.6. The summed E-state index contributed by atoms with van der Waals surface area (Å²) < 4.78 is 13.6. The van der Waals surface area contributed by atoms with Gasteiger partial charge in [-0.2, -0.15) is 0 Å². The third kappa shape index (κ3) is 3.00. The van der Waals surface area contributed by atoms with Gasteiger partial charge in [-0.3, -0.25) is 4.79 Å². The van der Waals surface area contributed by atoms with Crippen molar-refractivity contribution >= 4 is 23.2 Å². The van der Waals surface area contributed by atoms with E-state index in [-0.39, 0.29) is 18.1 Å². The van der Waals surface area contributed by atoms with Gasteiger partial charge in [0.15, 0.2) is 0 Å². The summed E-state index contributed by atoms with van der Waals surface area (Å²) >= 11 is 5.65. The Morgan fingerprint density at radius 3 is 2.50 bits per heavy atom. The first-order valence-corrected chi connectivity index (χ1v) is 6.33. The van der Waals surface area contributed by atoms with Crippen molar-refractivity contribution in [3.63, 3.8) is 0 Å². The molecule has 18 heavy (non-hydrogen) atoms. The highest BCUT2D eigenvalue weighted by Crippen LogP contribution is 2.28. The zero-order chi connectivity index (χ0) is 13.8. The molecular weight excluding hydrogens is 255 g/mol. The molecule has 0 aliphatic heterocycles. The van der Waals surface area contributed by atoms with Crippen LogP contribution >= 0.6 is 11.6 Å². The number of halogens is 2. The lowest BCUT2D eigenvalue weighted by Crippen LogP contribution is -2.41. The summed E-state index contributed by atoms with van der Waals surface area (Å²) in [5.41, 5.74) is 5.15. The smallest absolute Gasteiger partial charge is 0.231 e. The molecule has 1 rings (SSSR count). The van der Waals surface area contributed by atoms with E-state index in [0.29, 0.717) is 17.9 Å². The Morgan fingerprint density at radius 2 is 2.06 bits per heavy atom. The van der Waals surface area contributed by atoms with Crippen molar-refractivity contribution in [3.05, 3.63) is 29.0 Å². The minimum atomic E-state index is -0.647. The van der Waals surface area contributed by atoms with Crippen LogP contribution in [0.4, 0.5) is 10.1 Å². The molecule has 0 spiro atoms. The molecule has 0 saturated carbocycles. The SMILES string of the molecule is CCC(CC)(CN)C(=O)Nc1ccc(Cl)cc1F. The molecule has 0 unspecified atom stereocenters. The van der Waals surface area contributed by atoms with Gasteiger partial charge in [0.2, 0.25) is 5.91 Å². The molecule has 0 bridgehead atoms. The lowest BCUT2D eigenvalue weighted by Gasteiger charge is -2.28. The molecule has 5 heteroatoms. The van der Waals surface area contributed by atoms with E-state index in [2.05, 4.69) is 5.32 Å². The van der Waals surface area contributed by atoms with Gasteiger partial charge in [0, 0.05) is 11.6 Å². The highest BCUT2D eigenvalue weighted by Gasteiger charge is 2.33. The van der Waals surface area contributed by atoms with Crippen molar-refractivity contribution in [1.29, 1.82) is 0 Å². The van der Waals surface area contributed by atoms with Crippen LogP contribution in [0.3, 0.4) is 0 Å². The van der Waals surface area contributed by atoms with Crippen molar-refractivity contribution in [2.24, 2.45) is 11.1 Å². The molecule has 0 fully saturated rings. The van der Waals surface area contributed by atoms with Crippen molar-refractivity contribution in [2.45, 2.75) is 26.7 Å². The molecule has 0 atom stereocenters. The van der Waals surface area contributed by atoms with Crippen LogP contribution < -0.4 is 11.1 Å². The van der Waals surface area contributed by atoms with Crippen LogP contribution in [0.1, 0.15) is 26.7 Å². The average Bonchev–Trinajstić information content (AvgIpc) is 2.36. The zero-order valence-corrected chi connectivity index (χ0v) is 11.4. The van der Waals surface area contributed by atoms with Crippen LogP contribution in [0.15, 0.2) is 18.2 Å². The van der Waals surface area contributed by atoms with Gasteiger partial charge < -0.3 is 11.1 Å². The predicted molar refractivity (Wildman–Crippen MR) is 72.1 cm³/mol. The lowest BCUT2D eigenvalue weighted by atomic mass is 9.81. The second kappa shape index (κ2) is 6.16. The standard InChI is InChI=1S/C13H18ClFN2O/c1-3-13(4-2,8-16)12(18)17-11-6-5-9(14)7-10(11)15/h5-7H,3-4,8,16H2,1-2H3,(H,17,18). The fourth-order valence-electron chi connectivity index (χ4n) is 1.80. The van der Waals surface area contributed by atoms with Gasteiger partial charge in [-0.25, -0.2) is 4.39 Å². The van der Waals surface area contributed by atoms with Crippen molar-refractivity contribution in [1.82, 2.24) is 0 Å². The van der Waals surface area contributed by atoms with Crippen molar-refractivity contribution in [3.8, 4) is 0 Å². The second-order valence-electron chi connectivity index (χ2n) is 4.27. The van der Waals surface area contributed by atoms with Gasteiger partial charge in [-0.1, -0.05) is 25.4 Å². The number of nitrogens with two attached hydrogens (primary N) is 1. The Bertz CT molecular complexity index is 425. The number of hydrogen-bond donors (Lipinski definition) is 2. The van der Waals surface area contributed by atoms with Gasteiger partial charge in [-0.15, -0.1) is 0 Å². The molecule has 100 valence electrons. The Hall–Kier alpha value is -1.13. The minimum absolute atomic E-state index is 0.129. The number of carbonyl (C=O) groups excluding carboxylic acids is 1. The normalized spacial score (nSPS) is 11.4. The van der Waals surface area contributed by atoms with Gasteiger partial charge >= 0.3 is 0 Å². The van der Waals surface area contributed by atoms with Gasteiger partial charge in [0.05, 0.1) is 11.1 Å². The fraction of sp³-hybridized carbons (Fsp3) is 0.462. The number of anilines is 1. The molecule has 3 N–H and O–H groups in total. The molecule has 0 aliphatic carbocycles. The first kappa shape index (κ1) is 14.9. The number of rotatable bonds is 5. The van der Waals surface area contributed by atoms with E-state index in [4.69, 9.17) is 17.3 Å². The summed E-state index contributed by atoms with van der Waals surface area (Å²) in [7, 11) is 0. The quantitative estimate of drug-likeness (QED) is 0.865. The van der Waals surface area contributed by atoms with Crippen LogP contribution in [0, 0.1) is 11.2 Å². The van der Waals surface area contributed by atoms with Crippen LogP contribution in [0.5, 0.6) is 0 Å². The number of carbonyl (C=O) groups is 1. The topological polar surface area (TPSA) is 55.1 Å². The molecule has 1 aromatic rings. The van der Waals surface area contributed by atoms with Crippen LogP contribution in [0.2, 0.25) is 5.02 Å². The number of benzene rings is 1. The van der Waals surface area contributed by atoms with Crippen molar-refractivity contribution in [2.75, 3.05) is 11.9 Å². The first-order valence-electron chi connectivity index (χ1n) is 5.95. The number of amides is 1. The van der Waals surface area contributed by atoms with E-state index in [1.54, 1.807) is 0 Å². The third-order valence-electron chi connectivity index (χ3n) is 3.41. The maximum Gasteiger partial charge on any atom is 0.231 e. The summed E-state index contributed by atoms with van der Waals surface area (Å²) in [6.45, 7) is 4.03. The average molecular weight is 273 g/mol. The molecule has 3 nitrogen and oxygen atoms in total. The van der Waals surface area contributed by atoms with E-state index in [9.17, 15) is 9.18 Å². The molecule has 1 aromatic carbocycles. The molecular formula is C13H18ClFN2O. The van der Waals surface area contributed by atoms with Crippen LogP contribution in [-0.2, 0) is 4.79 Å². The van der Waals surface area contributed by atoms with Gasteiger partial charge in [0.1, 0.15) is 5.82 Å². The van der Waals surface area contributed by atoms with E-state index in [1.807, 2.05) is 13.8 Å². The monoisotopic (exact) mass is 272 g/mol.